The second-order valence-corrected chi connectivity index (χ2v) is 21.5. The van der Waals surface area contributed by atoms with E-state index in [0.717, 1.165) is 67.0 Å². The minimum atomic E-state index is -3.85. The number of aromatic nitrogens is 8. The Balaban J connectivity index is -0.0000000926. The van der Waals surface area contributed by atoms with Crippen LogP contribution in [0.25, 0.3) is 22.1 Å². The van der Waals surface area contributed by atoms with Gasteiger partial charge in [0.05, 0.1) is 27.4 Å². The fraction of sp³-hybridized carbons (Fsp3) is 0.391. The summed E-state index contributed by atoms with van der Waals surface area (Å²) in [7, 11) is 3.63. The quantitative estimate of drug-likeness (QED) is 0.0807. The van der Waals surface area contributed by atoms with Crippen LogP contribution in [0, 0.1) is 46.3 Å². The normalized spacial score (nSPS) is 20.6. The van der Waals surface area contributed by atoms with Crippen LogP contribution in [0.3, 0.4) is 0 Å². The van der Waals surface area contributed by atoms with Gasteiger partial charge in [0.25, 0.3) is 10.0 Å². The number of amides is 4. The van der Waals surface area contributed by atoms with Crippen LogP contribution < -0.4 is 60.6 Å². The topological polar surface area (TPSA) is 305 Å². The molecule has 416 valence electrons. The molecule has 2 aliphatic heterocycles. The number of hydrogen-bond donors (Lipinski definition) is 5. The number of H-pyrrole nitrogens is 1. The van der Waals surface area contributed by atoms with Gasteiger partial charge in [-0.3, -0.25) is 10.6 Å². The van der Waals surface area contributed by atoms with Crippen molar-refractivity contribution in [2.75, 3.05) is 85.4 Å². The number of pyridine rings is 2. The van der Waals surface area contributed by atoms with E-state index in [9.17, 15) is 28.5 Å². The largest absolute Gasteiger partial charge is 1.00 e. The number of urea groups is 2. The molecule has 23 nitrogen and oxygen atoms in total. The third-order valence-corrected chi connectivity index (χ3v) is 17.2. The van der Waals surface area contributed by atoms with Gasteiger partial charge in [-0.2, -0.15) is 29.2 Å². The van der Waals surface area contributed by atoms with Crippen molar-refractivity contribution in [3.63, 3.8) is 0 Å². The smallest absolute Gasteiger partial charge is 0.870 e. The van der Waals surface area contributed by atoms with Gasteiger partial charge in [-0.15, -0.1) is 0 Å². The first-order valence-electron chi connectivity index (χ1n) is 23.0. The summed E-state index contributed by atoms with van der Waals surface area (Å²) in [6, 6.07) is 16.6. The summed E-state index contributed by atoms with van der Waals surface area (Å²) in [6.07, 6.45) is 10.1. The monoisotopic (exact) mass is 1100 g/mol. The van der Waals surface area contributed by atoms with E-state index in [-0.39, 0.29) is 93.6 Å². The van der Waals surface area contributed by atoms with Gasteiger partial charge in [-0.1, -0.05) is 18.2 Å². The second-order valence-electron chi connectivity index (χ2n) is 18.2. The Kier molecular flexibility index (Phi) is 15.7. The molecule has 0 radical (unpaired) electrons. The zero-order chi connectivity index (χ0) is 49.6. The molecule has 8 heterocycles. The number of nitrogens with one attached hydrogen (secondary N) is 5. The Morgan fingerprint density at radius 1 is 0.740 bits per heavy atom. The van der Waals surface area contributed by atoms with E-state index < -0.39 is 10.0 Å². The van der Waals surface area contributed by atoms with Crippen molar-refractivity contribution >= 4 is 101 Å². The second kappa shape index (κ2) is 21.8. The molecule has 4 fully saturated rings. The van der Waals surface area contributed by atoms with E-state index in [1.807, 2.05) is 29.1 Å². The molecule has 1 aromatic carbocycles. The molecule has 2 unspecified atom stereocenters. The first-order valence-corrected chi connectivity index (χ1v) is 26.0. The predicted octanol–water partition coefficient (Wildman–Crippen LogP) is 8.12. The van der Waals surface area contributed by atoms with Gasteiger partial charge in [0.2, 0.25) is 22.2 Å². The molecule has 6 atom stereocenters. The zero-order valence-corrected chi connectivity index (χ0v) is 45.0. The van der Waals surface area contributed by atoms with Gasteiger partial charge in [0.15, 0.2) is 5.65 Å². The van der Waals surface area contributed by atoms with Gasteiger partial charge >= 0.3 is 41.6 Å². The number of anilines is 6. The molecule has 0 spiro atoms. The Hall–Kier alpha value is -6.65. The van der Waals surface area contributed by atoms with Gasteiger partial charge in [-0.25, -0.2) is 31.9 Å². The summed E-state index contributed by atoms with van der Waals surface area (Å²) in [6.45, 7) is 2.75. The molecule has 4 aliphatic rings. The summed E-state index contributed by atoms with van der Waals surface area (Å²) in [5.41, 5.74) is 3.66. The molecule has 2 saturated heterocycles. The number of fused-ring (bicyclic) bond motifs is 4. The third kappa shape index (κ3) is 10.2. The van der Waals surface area contributed by atoms with E-state index in [1.165, 1.54) is 27.9 Å². The minimum absolute atomic E-state index is 0. The molecule has 11 rings (SSSR count). The van der Waals surface area contributed by atoms with Gasteiger partial charge in [0.1, 0.15) is 17.8 Å². The third-order valence-electron chi connectivity index (χ3n) is 14.3. The molecule has 2 saturated carbocycles. The average Bonchev–Trinajstić information content (AvgIpc) is 4.24. The maximum absolute atomic E-state index is 13.3. The van der Waals surface area contributed by atoms with Crippen molar-refractivity contribution in [3.05, 3.63) is 78.4 Å². The first kappa shape index (κ1) is 52.7. The fourth-order valence-electron chi connectivity index (χ4n) is 10.8. The summed E-state index contributed by atoms with van der Waals surface area (Å²) in [4.78, 5) is 53.9. The van der Waals surface area contributed by atoms with Crippen LogP contribution in [0.5, 0.6) is 0 Å². The van der Waals surface area contributed by atoms with Crippen LogP contribution in [0.2, 0.25) is 0 Å². The number of aromatic amines is 1. The molecule has 6 aromatic heterocycles. The van der Waals surface area contributed by atoms with Gasteiger partial charge < -0.3 is 40.7 Å². The van der Waals surface area contributed by atoms with Crippen molar-refractivity contribution in [3.8, 4) is 12.1 Å². The molecular weight excluding hydrogens is 1000 g/mol. The van der Waals surface area contributed by atoms with Crippen molar-refractivity contribution in [1.29, 1.82) is 10.5 Å². The van der Waals surface area contributed by atoms with Crippen molar-refractivity contribution < 1.29 is 83.0 Å². The fourth-order valence-corrected chi connectivity index (χ4v) is 13.3. The molecule has 2 aliphatic carbocycles. The zero-order valence-electron chi connectivity index (χ0n) is 40.6. The number of carbonyl (C=O) groups is 2. The number of rotatable bonds is 10. The van der Waals surface area contributed by atoms with E-state index in [0.29, 0.717) is 87.2 Å². The van der Waals surface area contributed by atoms with Crippen molar-refractivity contribution in [2.45, 2.75) is 42.7 Å². The van der Waals surface area contributed by atoms with Crippen LogP contribution >= 0.6 is 23.1 Å². The van der Waals surface area contributed by atoms with E-state index in [4.69, 9.17) is 0 Å². The number of nitriles is 2. The Morgan fingerprint density at radius 3 is 1.68 bits per heavy atom. The SMILES string of the molecule is CNc1nsc(NC(=O)N2C[C@H]3CC(N(C)c4c(C#N)cnc5[nH]ccc45)C[C@H]3C2)n1.CNc1nsc(NC(=O)N2C[C@H]3CC(N(C)c4c(C#N)cnc5c4ccn5S(=O)(=O)c4ccccc4)C[C@H]3C2)n1.[HH].[HH].[HH].[HH].[HH].[HH].[HH].[HH].[HH].[HH].[HH].[HH].[HH].[HH].[HH].[HH].[HH].[HH].[HH].[HH].[HH].[Na+].[OH-]. The molecule has 27 heteroatoms. The number of benzene rings is 1. The van der Waals surface area contributed by atoms with E-state index in [2.05, 4.69) is 83.9 Å². The summed E-state index contributed by atoms with van der Waals surface area (Å²) < 4.78 is 36.1. The molecular formula is C46H93N18NaO5S3. The number of likely N-dealkylation sites (tertiary alicyclic amines) is 2. The van der Waals surface area contributed by atoms with Gasteiger partial charge in [0, 0.05) is 155 Å². The molecule has 73 heavy (non-hydrogen) atoms. The van der Waals surface area contributed by atoms with Crippen molar-refractivity contribution in [2.24, 2.45) is 23.7 Å². The van der Waals surface area contributed by atoms with Crippen LogP contribution in [-0.4, -0.2) is 140 Å². The Labute approximate surface area is 482 Å². The first-order chi connectivity index (χ1) is 34.4. The molecule has 4 amide bonds. The standard InChI is InChI=1S/C26H27N9O3S2.C20H23N9OS.Na.H2O.21H2/c1-28-24-30-25(39-32-24)31-26(36)34-14-16-10-19(11-17(16)15-34)33(2)22-18(12-27)13-29-23-21(22)8-9-35(23)40(37,38)20-6-4-3-5-7-20;1-22-18-25-19(31-27-18)26-20(30)29-9-11-5-14(6-12(11)10-29)28(2)16-13(7-21)8-24-17-15(16)3-4-23-17;;;;;;;;;;;;;;;;;;;;;;;/h3-9,13,16-17,19H,10-11,14-15H2,1-2H3,(H2,28,30,31,32,36);3-4,8,11-12,14H,5-6,9-10H2,1-2H3,(H,23,24)(H2,22,25,26,27,30);;1H2;21*1H/q;;+1;;;;;;;;;;;;;;;;;;;;;;/p-1/t16-,17+,19?;11-,12+,14?;;;;;;;;;;;;;;;;;;;;;;;. The Morgan fingerprint density at radius 2 is 1.22 bits per heavy atom. The average molecular weight is 1100 g/mol. The van der Waals surface area contributed by atoms with E-state index >= 15 is 0 Å². The van der Waals surface area contributed by atoms with Crippen molar-refractivity contribution in [1.82, 2.24) is 47.4 Å². The maximum atomic E-state index is 13.3. The number of hydrogen-bond acceptors (Lipinski definition) is 19. The molecule has 6 N–H and O–H groups in total. The summed E-state index contributed by atoms with van der Waals surface area (Å²) in [5, 5.41) is 33.5. The minimum Gasteiger partial charge on any atom is -0.870 e. The van der Waals surface area contributed by atoms with Crippen LogP contribution in [-0.2, 0) is 10.0 Å². The predicted molar refractivity (Wildman–Crippen MR) is 318 cm³/mol. The van der Waals surface area contributed by atoms with Gasteiger partial charge in [-0.05, 0) is 73.6 Å². The number of nitrogens with zero attached hydrogens (tertiary/aromatic N) is 13. The molecule has 0 bridgehead atoms. The maximum Gasteiger partial charge on any atom is 1.00 e. The summed E-state index contributed by atoms with van der Waals surface area (Å²) >= 11 is 2.30. The van der Waals surface area contributed by atoms with Crippen LogP contribution in [0.1, 0.15) is 66.8 Å². The molecule has 7 aromatic rings. The number of carbonyl (C=O) groups excluding carboxylic acids is 2. The summed E-state index contributed by atoms with van der Waals surface area (Å²) in [5.74, 6) is 2.54. The Bertz CT molecular complexity index is 3380. The van der Waals surface area contributed by atoms with E-state index in [1.54, 1.807) is 56.7 Å². The van der Waals surface area contributed by atoms with Crippen LogP contribution in [0.15, 0.2) is 72.1 Å². The van der Waals surface area contributed by atoms with Crippen LogP contribution in [0.4, 0.5) is 43.1 Å².